The third-order valence-electron chi connectivity index (χ3n) is 2.27. The second-order valence-electron chi connectivity index (χ2n) is 3.90. The van der Waals surface area contributed by atoms with E-state index in [2.05, 4.69) is 10.4 Å². The number of aromatic nitrogens is 2. The predicted octanol–water partition coefficient (Wildman–Crippen LogP) is 1.74. The Hall–Kier alpha value is -1.58. The molecule has 1 rings (SSSR count). The van der Waals surface area contributed by atoms with E-state index in [1.807, 2.05) is 43.8 Å². The van der Waals surface area contributed by atoms with Crippen molar-refractivity contribution >= 4 is 5.91 Å². The Balaban J connectivity index is 2.42. The first-order valence-electron chi connectivity index (χ1n) is 5.58. The predicted molar refractivity (Wildman–Crippen MR) is 63.9 cm³/mol. The topological polar surface area (TPSA) is 46.9 Å². The Kier molecular flexibility index (Phi) is 4.76. The minimum atomic E-state index is 0.00139. The number of carbonyl (C=O) groups excluding carboxylic acids is 1. The van der Waals surface area contributed by atoms with Crippen molar-refractivity contribution in [2.75, 3.05) is 0 Å². The monoisotopic (exact) mass is 221 g/mol. The maximum absolute atomic E-state index is 11.7. The smallest absolute Gasteiger partial charge is 0.246 e. The molecule has 0 aliphatic heterocycles. The fourth-order valence-corrected chi connectivity index (χ4v) is 1.47. The Morgan fingerprint density at radius 2 is 2.38 bits per heavy atom. The average Bonchev–Trinajstić information content (AvgIpc) is 2.70. The van der Waals surface area contributed by atoms with Crippen LogP contribution in [-0.4, -0.2) is 21.7 Å². The second kappa shape index (κ2) is 6.10. The van der Waals surface area contributed by atoms with Crippen molar-refractivity contribution in [2.24, 2.45) is 0 Å². The molecule has 0 aliphatic carbocycles. The average molecular weight is 221 g/mol. The Morgan fingerprint density at radius 1 is 1.62 bits per heavy atom. The van der Waals surface area contributed by atoms with Crippen LogP contribution in [-0.2, 0) is 11.3 Å². The van der Waals surface area contributed by atoms with E-state index >= 15 is 0 Å². The first-order chi connectivity index (χ1) is 7.63. The van der Waals surface area contributed by atoms with Gasteiger partial charge in [-0.1, -0.05) is 13.0 Å². The third-order valence-corrected chi connectivity index (χ3v) is 2.27. The molecule has 88 valence electrons. The number of rotatable bonds is 5. The maximum atomic E-state index is 11.7. The molecule has 1 aromatic heterocycles. The van der Waals surface area contributed by atoms with Crippen molar-refractivity contribution in [3.8, 4) is 0 Å². The van der Waals surface area contributed by atoms with Crippen LogP contribution in [0.3, 0.4) is 0 Å². The van der Waals surface area contributed by atoms with Crippen molar-refractivity contribution in [1.29, 1.82) is 0 Å². The van der Waals surface area contributed by atoms with Gasteiger partial charge in [0.2, 0.25) is 5.91 Å². The van der Waals surface area contributed by atoms with Gasteiger partial charge in [-0.05, 0) is 26.3 Å². The molecule has 0 saturated carbocycles. The van der Waals surface area contributed by atoms with E-state index < -0.39 is 0 Å². The van der Waals surface area contributed by atoms with Crippen molar-refractivity contribution in [1.82, 2.24) is 15.1 Å². The van der Waals surface area contributed by atoms with E-state index in [9.17, 15) is 4.79 Å². The highest BCUT2D eigenvalue weighted by Gasteiger charge is 2.08. The lowest BCUT2D eigenvalue weighted by molar-refractivity contribution is -0.118. The molecule has 1 aromatic rings. The van der Waals surface area contributed by atoms with Crippen LogP contribution in [0, 0.1) is 0 Å². The number of allylic oxidation sites excluding steroid dienone is 1. The SMILES string of the molecule is CCC=C(C)C(=O)NC(C)Cn1cccn1. The lowest BCUT2D eigenvalue weighted by Gasteiger charge is -2.14. The van der Waals surface area contributed by atoms with Crippen LogP contribution >= 0.6 is 0 Å². The molecular weight excluding hydrogens is 202 g/mol. The first-order valence-corrected chi connectivity index (χ1v) is 5.58. The number of amides is 1. The van der Waals surface area contributed by atoms with Gasteiger partial charge in [-0.2, -0.15) is 5.10 Å². The second-order valence-corrected chi connectivity index (χ2v) is 3.90. The van der Waals surface area contributed by atoms with Crippen LogP contribution in [0.2, 0.25) is 0 Å². The summed E-state index contributed by atoms with van der Waals surface area (Å²) in [7, 11) is 0. The normalized spacial score (nSPS) is 13.6. The van der Waals surface area contributed by atoms with Gasteiger partial charge >= 0.3 is 0 Å². The zero-order chi connectivity index (χ0) is 12.0. The summed E-state index contributed by atoms with van der Waals surface area (Å²) >= 11 is 0. The standard InChI is InChI=1S/C12H19N3O/c1-4-6-10(2)12(16)14-11(3)9-15-8-5-7-13-15/h5-8,11H,4,9H2,1-3H3,(H,14,16). The largest absolute Gasteiger partial charge is 0.348 e. The quantitative estimate of drug-likeness (QED) is 0.770. The molecule has 1 atom stereocenters. The molecular formula is C12H19N3O. The summed E-state index contributed by atoms with van der Waals surface area (Å²) in [4.78, 5) is 11.7. The lowest BCUT2D eigenvalue weighted by Crippen LogP contribution is -2.36. The van der Waals surface area contributed by atoms with Gasteiger partial charge in [-0.15, -0.1) is 0 Å². The number of hydrogen-bond donors (Lipinski definition) is 1. The summed E-state index contributed by atoms with van der Waals surface area (Å²) in [5.41, 5.74) is 0.773. The van der Waals surface area contributed by atoms with Gasteiger partial charge < -0.3 is 5.32 Å². The molecule has 1 amide bonds. The highest BCUT2D eigenvalue weighted by Crippen LogP contribution is 1.97. The number of hydrogen-bond acceptors (Lipinski definition) is 2. The molecule has 0 bridgehead atoms. The number of nitrogens with zero attached hydrogens (tertiary/aromatic N) is 2. The van der Waals surface area contributed by atoms with Crippen molar-refractivity contribution in [3.05, 3.63) is 30.1 Å². The molecule has 0 fully saturated rings. The van der Waals surface area contributed by atoms with Gasteiger partial charge in [0.05, 0.1) is 6.54 Å². The fourth-order valence-electron chi connectivity index (χ4n) is 1.47. The van der Waals surface area contributed by atoms with Gasteiger partial charge in [0.15, 0.2) is 0 Å². The maximum Gasteiger partial charge on any atom is 0.246 e. The number of carbonyl (C=O) groups is 1. The summed E-state index contributed by atoms with van der Waals surface area (Å²) in [6, 6.07) is 1.95. The van der Waals surface area contributed by atoms with Gasteiger partial charge in [0.25, 0.3) is 0 Å². The molecule has 0 spiro atoms. The molecule has 0 radical (unpaired) electrons. The molecule has 1 heterocycles. The van der Waals surface area contributed by atoms with E-state index in [0.29, 0.717) is 6.54 Å². The van der Waals surface area contributed by atoms with Gasteiger partial charge in [0.1, 0.15) is 0 Å². The minimum Gasteiger partial charge on any atom is -0.348 e. The van der Waals surface area contributed by atoms with E-state index in [0.717, 1.165) is 12.0 Å². The summed E-state index contributed by atoms with van der Waals surface area (Å²) in [6.07, 6.45) is 6.43. The van der Waals surface area contributed by atoms with Crippen LogP contribution < -0.4 is 5.32 Å². The van der Waals surface area contributed by atoms with E-state index in [4.69, 9.17) is 0 Å². The molecule has 4 heteroatoms. The fraction of sp³-hybridized carbons (Fsp3) is 0.500. The van der Waals surface area contributed by atoms with Crippen LogP contribution in [0.1, 0.15) is 27.2 Å². The summed E-state index contributed by atoms with van der Waals surface area (Å²) in [5, 5.41) is 7.03. The number of nitrogens with one attached hydrogen (secondary N) is 1. The van der Waals surface area contributed by atoms with E-state index in [-0.39, 0.29) is 11.9 Å². The molecule has 16 heavy (non-hydrogen) atoms. The molecule has 0 aromatic carbocycles. The Bertz CT molecular complexity index is 354. The molecule has 4 nitrogen and oxygen atoms in total. The molecule has 1 unspecified atom stereocenters. The Morgan fingerprint density at radius 3 is 2.94 bits per heavy atom. The van der Waals surface area contributed by atoms with Crippen molar-refractivity contribution in [3.63, 3.8) is 0 Å². The zero-order valence-corrected chi connectivity index (χ0v) is 10.1. The summed E-state index contributed by atoms with van der Waals surface area (Å²) in [6.45, 7) is 6.51. The zero-order valence-electron chi connectivity index (χ0n) is 10.1. The highest BCUT2D eigenvalue weighted by molar-refractivity contribution is 5.92. The molecule has 0 aliphatic rings. The third kappa shape index (κ3) is 3.88. The van der Waals surface area contributed by atoms with Crippen LogP contribution in [0.15, 0.2) is 30.1 Å². The molecule has 0 saturated heterocycles. The van der Waals surface area contributed by atoms with Crippen LogP contribution in [0.4, 0.5) is 0 Å². The summed E-state index contributed by atoms with van der Waals surface area (Å²) < 4.78 is 1.81. The summed E-state index contributed by atoms with van der Waals surface area (Å²) in [5.74, 6) is 0.00139. The highest BCUT2D eigenvalue weighted by atomic mass is 16.1. The van der Waals surface area contributed by atoms with Gasteiger partial charge in [-0.3, -0.25) is 9.48 Å². The lowest BCUT2D eigenvalue weighted by atomic mass is 10.2. The minimum absolute atomic E-state index is 0.00139. The van der Waals surface area contributed by atoms with Gasteiger partial charge in [0, 0.05) is 24.0 Å². The molecule has 1 N–H and O–H groups in total. The van der Waals surface area contributed by atoms with Crippen LogP contribution in [0.25, 0.3) is 0 Å². The van der Waals surface area contributed by atoms with Crippen LogP contribution in [0.5, 0.6) is 0 Å². The van der Waals surface area contributed by atoms with Gasteiger partial charge in [-0.25, -0.2) is 0 Å². The van der Waals surface area contributed by atoms with E-state index in [1.165, 1.54) is 0 Å². The Labute approximate surface area is 96.3 Å². The first kappa shape index (κ1) is 12.5. The van der Waals surface area contributed by atoms with Crippen molar-refractivity contribution in [2.45, 2.75) is 39.8 Å². The van der Waals surface area contributed by atoms with E-state index in [1.54, 1.807) is 6.20 Å². The van der Waals surface area contributed by atoms with Crippen molar-refractivity contribution < 1.29 is 4.79 Å².